The summed E-state index contributed by atoms with van der Waals surface area (Å²) in [5.74, 6) is 0. The van der Waals surface area contributed by atoms with E-state index in [1.54, 1.807) is 0 Å². The molecule has 2 atom stereocenters. The fraction of sp³-hybridized carbons (Fsp3) is 0.500. The molecule has 98 valence electrons. The molecule has 0 radical (unpaired) electrons. The second-order valence-electron chi connectivity index (χ2n) is 4.80. The van der Waals surface area contributed by atoms with Crippen molar-refractivity contribution < 1.29 is 9.90 Å². The van der Waals surface area contributed by atoms with Crippen LogP contribution in [0.15, 0.2) is 24.3 Å². The molecule has 0 bridgehead atoms. The molecule has 0 saturated heterocycles. The van der Waals surface area contributed by atoms with Crippen LogP contribution >= 0.6 is 0 Å². The first-order valence-electron chi connectivity index (χ1n) is 6.45. The lowest BCUT2D eigenvalue weighted by atomic mass is 9.88. The van der Waals surface area contributed by atoms with Gasteiger partial charge in [-0.05, 0) is 30.4 Å². The summed E-state index contributed by atoms with van der Waals surface area (Å²) in [6.45, 7) is 0.827. The van der Waals surface area contributed by atoms with Gasteiger partial charge in [-0.3, -0.25) is 4.79 Å². The SMILES string of the molecule is O=CNCC(O)CNC1CCc2ccccc2C1. The molecule has 0 aliphatic heterocycles. The summed E-state index contributed by atoms with van der Waals surface area (Å²) in [6, 6.07) is 8.94. The van der Waals surface area contributed by atoms with Gasteiger partial charge in [-0.1, -0.05) is 24.3 Å². The molecular weight excluding hydrogens is 228 g/mol. The van der Waals surface area contributed by atoms with Crippen LogP contribution in [0, 0.1) is 0 Å². The maximum absolute atomic E-state index is 10.1. The van der Waals surface area contributed by atoms with Crippen molar-refractivity contribution in [1.29, 1.82) is 0 Å². The lowest BCUT2D eigenvalue weighted by molar-refractivity contribution is -0.109. The summed E-state index contributed by atoms with van der Waals surface area (Å²) in [5, 5.41) is 15.5. The van der Waals surface area contributed by atoms with E-state index in [1.165, 1.54) is 11.1 Å². The van der Waals surface area contributed by atoms with Crippen molar-refractivity contribution in [3.63, 3.8) is 0 Å². The highest BCUT2D eigenvalue weighted by molar-refractivity contribution is 5.45. The molecular formula is C14H20N2O2. The van der Waals surface area contributed by atoms with Gasteiger partial charge in [0.2, 0.25) is 6.41 Å². The summed E-state index contributed by atoms with van der Waals surface area (Å²) >= 11 is 0. The van der Waals surface area contributed by atoms with Crippen LogP contribution in [0.2, 0.25) is 0 Å². The standard InChI is InChI=1S/C14H20N2O2/c17-10-15-8-14(18)9-16-13-6-5-11-3-1-2-4-12(11)7-13/h1-4,10,13-14,16,18H,5-9H2,(H,15,17). The van der Waals surface area contributed by atoms with Crippen molar-refractivity contribution in [2.24, 2.45) is 0 Å². The van der Waals surface area contributed by atoms with E-state index in [0.29, 0.717) is 25.5 Å². The number of rotatable bonds is 6. The van der Waals surface area contributed by atoms with E-state index in [4.69, 9.17) is 0 Å². The molecule has 1 aromatic rings. The lowest BCUT2D eigenvalue weighted by Crippen LogP contribution is -2.42. The Hall–Kier alpha value is -1.39. The number of benzene rings is 1. The van der Waals surface area contributed by atoms with Gasteiger partial charge in [0.1, 0.15) is 0 Å². The van der Waals surface area contributed by atoms with Crippen molar-refractivity contribution >= 4 is 6.41 Å². The number of carbonyl (C=O) groups excluding carboxylic acids is 1. The minimum Gasteiger partial charge on any atom is -0.390 e. The molecule has 0 aromatic heterocycles. The van der Waals surface area contributed by atoms with Gasteiger partial charge in [0.05, 0.1) is 6.10 Å². The minimum atomic E-state index is -0.521. The van der Waals surface area contributed by atoms with Crippen LogP contribution in [0.25, 0.3) is 0 Å². The summed E-state index contributed by atoms with van der Waals surface area (Å²) in [4.78, 5) is 10.1. The Labute approximate surface area is 107 Å². The Balaban J connectivity index is 1.77. The van der Waals surface area contributed by atoms with Gasteiger partial charge in [-0.25, -0.2) is 0 Å². The van der Waals surface area contributed by atoms with Gasteiger partial charge in [-0.15, -0.1) is 0 Å². The van der Waals surface area contributed by atoms with Crippen molar-refractivity contribution in [2.45, 2.75) is 31.4 Å². The molecule has 18 heavy (non-hydrogen) atoms. The molecule has 1 aromatic carbocycles. The third kappa shape index (κ3) is 3.55. The maximum atomic E-state index is 10.1. The van der Waals surface area contributed by atoms with Gasteiger partial charge in [-0.2, -0.15) is 0 Å². The Kier molecular flexibility index (Phi) is 4.73. The van der Waals surface area contributed by atoms with E-state index in [0.717, 1.165) is 19.3 Å². The van der Waals surface area contributed by atoms with Crippen LogP contribution in [0.3, 0.4) is 0 Å². The molecule has 1 aliphatic rings. The zero-order valence-corrected chi connectivity index (χ0v) is 10.4. The summed E-state index contributed by atoms with van der Waals surface area (Å²) in [7, 11) is 0. The van der Waals surface area contributed by atoms with E-state index in [9.17, 15) is 9.90 Å². The van der Waals surface area contributed by atoms with Crippen molar-refractivity contribution in [3.05, 3.63) is 35.4 Å². The lowest BCUT2D eigenvalue weighted by Gasteiger charge is -2.26. The first-order chi connectivity index (χ1) is 8.79. The van der Waals surface area contributed by atoms with Gasteiger partial charge < -0.3 is 15.7 Å². The summed E-state index contributed by atoms with van der Waals surface area (Å²) in [6.07, 6.45) is 3.30. The molecule has 3 N–H and O–H groups in total. The fourth-order valence-corrected chi connectivity index (χ4v) is 2.43. The number of aliphatic hydroxyl groups excluding tert-OH is 1. The van der Waals surface area contributed by atoms with Crippen LogP contribution in [0.1, 0.15) is 17.5 Å². The van der Waals surface area contributed by atoms with Gasteiger partial charge >= 0.3 is 0 Å². The summed E-state index contributed by atoms with van der Waals surface area (Å²) < 4.78 is 0. The van der Waals surface area contributed by atoms with E-state index >= 15 is 0 Å². The van der Waals surface area contributed by atoms with Crippen LogP contribution in [0.5, 0.6) is 0 Å². The van der Waals surface area contributed by atoms with E-state index in [-0.39, 0.29) is 0 Å². The monoisotopic (exact) mass is 248 g/mol. The van der Waals surface area contributed by atoms with Crippen molar-refractivity contribution in [2.75, 3.05) is 13.1 Å². The second-order valence-corrected chi connectivity index (χ2v) is 4.80. The highest BCUT2D eigenvalue weighted by Crippen LogP contribution is 2.20. The molecule has 0 heterocycles. The number of aryl methyl sites for hydroxylation is 1. The Morgan fingerprint density at radius 1 is 1.33 bits per heavy atom. The zero-order valence-electron chi connectivity index (χ0n) is 10.4. The topological polar surface area (TPSA) is 61.4 Å². The molecule has 4 nitrogen and oxygen atoms in total. The Bertz CT molecular complexity index is 395. The molecule has 0 fully saturated rings. The minimum absolute atomic E-state index is 0.305. The summed E-state index contributed by atoms with van der Waals surface area (Å²) in [5.41, 5.74) is 2.85. The molecule has 1 aliphatic carbocycles. The zero-order chi connectivity index (χ0) is 12.8. The number of fused-ring (bicyclic) bond motifs is 1. The van der Waals surface area contributed by atoms with E-state index < -0.39 is 6.10 Å². The maximum Gasteiger partial charge on any atom is 0.207 e. The molecule has 1 amide bonds. The number of aliphatic hydroxyl groups is 1. The Morgan fingerprint density at radius 2 is 2.11 bits per heavy atom. The van der Waals surface area contributed by atoms with Gasteiger partial charge in [0.15, 0.2) is 0 Å². The van der Waals surface area contributed by atoms with Crippen LogP contribution in [0.4, 0.5) is 0 Å². The fourth-order valence-electron chi connectivity index (χ4n) is 2.43. The first-order valence-corrected chi connectivity index (χ1v) is 6.45. The van der Waals surface area contributed by atoms with Crippen molar-refractivity contribution in [3.8, 4) is 0 Å². The second kappa shape index (κ2) is 6.52. The first kappa shape index (κ1) is 13.1. The molecule has 0 saturated carbocycles. The quantitative estimate of drug-likeness (QED) is 0.632. The highest BCUT2D eigenvalue weighted by atomic mass is 16.3. The number of hydrogen-bond acceptors (Lipinski definition) is 3. The predicted molar refractivity (Wildman–Crippen MR) is 70.3 cm³/mol. The highest BCUT2D eigenvalue weighted by Gasteiger charge is 2.18. The molecule has 4 heteroatoms. The number of carbonyl (C=O) groups is 1. The third-order valence-electron chi connectivity index (χ3n) is 3.43. The van der Waals surface area contributed by atoms with Crippen LogP contribution < -0.4 is 10.6 Å². The molecule has 0 spiro atoms. The van der Waals surface area contributed by atoms with E-state index in [2.05, 4.69) is 34.9 Å². The smallest absolute Gasteiger partial charge is 0.207 e. The molecule has 2 unspecified atom stereocenters. The third-order valence-corrected chi connectivity index (χ3v) is 3.43. The van der Waals surface area contributed by atoms with Crippen LogP contribution in [-0.2, 0) is 17.6 Å². The largest absolute Gasteiger partial charge is 0.390 e. The number of nitrogens with one attached hydrogen (secondary N) is 2. The van der Waals surface area contributed by atoms with Crippen molar-refractivity contribution in [1.82, 2.24) is 10.6 Å². The van der Waals surface area contributed by atoms with Crippen LogP contribution in [-0.4, -0.2) is 36.8 Å². The average Bonchev–Trinajstić information content (AvgIpc) is 2.42. The normalized spacial score (nSPS) is 19.9. The number of hydrogen-bond donors (Lipinski definition) is 3. The van der Waals surface area contributed by atoms with Gasteiger partial charge in [0.25, 0.3) is 0 Å². The molecule has 2 rings (SSSR count). The predicted octanol–water partition coefficient (Wildman–Crippen LogP) is 0.240. The average molecular weight is 248 g/mol. The van der Waals surface area contributed by atoms with E-state index in [1.807, 2.05) is 0 Å². The number of amides is 1. The van der Waals surface area contributed by atoms with Gasteiger partial charge in [0, 0.05) is 19.1 Å². The Morgan fingerprint density at radius 3 is 2.89 bits per heavy atom.